The van der Waals surface area contributed by atoms with E-state index >= 15 is 0 Å². The van der Waals surface area contributed by atoms with Crippen LogP contribution in [0, 0.1) is 0 Å². The van der Waals surface area contributed by atoms with Crippen molar-refractivity contribution in [1.82, 2.24) is 24.8 Å². The van der Waals surface area contributed by atoms with E-state index in [0.29, 0.717) is 29.0 Å². The summed E-state index contributed by atoms with van der Waals surface area (Å²) < 4.78 is 41.9. The fourth-order valence-corrected chi connectivity index (χ4v) is 3.20. The predicted octanol–water partition coefficient (Wildman–Crippen LogP) is 4.22. The smallest absolute Gasteiger partial charge is 0.352 e. The highest BCUT2D eigenvalue weighted by atomic mass is 19.4. The number of carbonyl (C=O) groups is 1. The normalized spacial score (nSPS) is 12.2. The van der Waals surface area contributed by atoms with Crippen molar-refractivity contribution in [3.05, 3.63) is 53.3 Å². The van der Waals surface area contributed by atoms with E-state index < -0.39 is 17.8 Å². The first-order chi connectivity index (χ1) is 14.6. The van der Waals surface area contributed by atoms with E-state index in [0.717, 1.165) is 24.4 Å². The summed E-state index contributed by atoms with van der Waals surface area (Å²) in [6.45, 7) is 5.26. The van der Waals surface area contributed by atoms with E-state index in [-0.39, 0.29) is 16.9 Å². The fourth-order valence-electron chi connectivity index (χ4n) is 3.20. The van der Waals surface area contributed by atoms with Gasteiger partial charge in [-0.05, 0) is 44.6 Å². The minimum Gasteiger partial charge on any atom is -0.352 e. The van der Waals surface area contributed by atoms with Gasteiger partial charge in [-0.2, -0.15) is 18.3 Å². The van der Waals surface area contributed by atoms with Gasteiger partial charge in [-0.1, -0.05) is 38.1 Å². The largest absolute Gasteiger partial charge is 0.433 e. The van der Waals surface area contributed by atoms with Crippen LogP contribution in [0.25, 0.3) is 16.9 Å². The number of rotatable bonds is 7. The average molecular weight is 433 g/mol. The molecule has 166 valence electrons. The Kier molecular flexibility index (Phi) is 6.64. The van der Waals surface area contributed by atoms with E-state index in [1.807, 2.05) is 45.0 Å². The van der Waals surface area contributed by atoms with Crippen molar-refractivity contribution in [3.63, 3.8) is 0 Å². The van der Waals surface area contributed by atoms with E-state index in [1.54, 1.807) is 12.1 Å². The lowest BCUT2D eigenvalue weighted by atomic mass is 10.0. The maximum absolute atomic E-state index is 13.7. The van der Waals surface area contributed by atoms with Crippen molar-refractivity contribution < 1.29 is 18.0 Å². The maximum Gasteiger partial charge on any atom is 0.433 e. The molecule has 9 heteroatoms. The van der Waals surface area contributed by atoms with Gasteiger partial charge in [0.1, 0.15) is 5.56 Å². The summed E-state index contributed by atoms with van der Waals surface area (Å²) in [6, 6.07) is 8.18. The second kappa shape index (κ2) is 9.05. The molecule has 0 unspecified atom stereocenters. The van der Waals surface area contributed by atoms with Gasteiger partial charge in [0.15, 0.2) is 11.3 Å². The molecular formula is C22H26F3N5O. The zero-order chi connectivity index (χ0) is 22.8. The number of alkyl halides is 3. The van der Waals surface area contributed by atoms with Crippen LogP contribution in [0.2, 0.25) is 0 Å². The third-order valence-corrected chi connectivity index (χ3v) is 4.95. The molecule has 0 spiro atoms. The van der Waals surface area contributed by atoms with E-state index in [9.17, 15) is 18.0 Å². The Labute approximate surface area is 179 Å². The molecule has 1 N–H and O–H groups in total. The van der Waals surface area contributed by atoms with Gasteiger partial charge in [0.25, 0.3) is 5.91 Å². The van der Waals surface area contributed by atoms with Crippen LogP contribution in [0.1, 0.15) is 47.8 Å². The van der Waals surface area contributed by atoms with Crippen molar-refractivity contribution in [2.75, 3.05) is 27.2 Å². The number of fused-ring (bicyclic) bond motifs is 1. The van der Waals surface area contributed by atoms with Crippen molar-refractivity contribution in [1.29, 1.82) is 0 Å². The van der Waals surface area contributed by atoms with Gasteiger partial charge in [0.05, 0.1) is 11.9 Å². The third kappa shape index (κ3) is 5.22. The molecule has 0 fully saturated rings. The highest BCUT2D eigenvalue weighted by Crippen LogP contribution is 2.33. The number of benzene rings is 1. The van der Waals surface area contributed by atoms with Gasteiger partial charge in [0.2, 0.25) is 0 Å². The molecule has 2 heterocycles. The topological polar surface area (TPSA) is 62.5 Å². The highest BCUT2D eigenvalue weighted by Gasteiger charge is 2.36. The number of amides is 1. The van der Waals surface area contributed by atoms with E-state index in [1.165, 1.54) is 0 Å². The number of nitrogens with zero attached hydrogens (tertiary/aromatic N) is 4. The maximum atomic E-state index is 13.7. The molecule has 0 bridgehead atoms. The van der Waals surface area contributed by atoms with Gasteiger partial charge in [-0.25, -0.2) is 9.50 Å². The summed E-state index contributed by atoms with van der Waals surface area (Å²) in [5.41, 5.74) is 0.655. The Balaban J connectivity index is 2.01. The second-order valence-electron chi connectivity index (χ2n) is 8.01. The van der Waals surface area contributed by atoms with Crippen LogP contribution < -0.4 is 5.32 Å². The summed E-state index contributed by atoms with van der Waals surface area (Å²) in [5.74, 6) is -0.200. The Morgan fingerprint density at radius 2 is 1.87 bits per heavy atom. The zero-order valence-electron chi connectivity index (χ0n) is 18.0. The SMILES string of the molecule is CC(C)c1ccc(-c2cc(C(F)(F)F)n3ncc(C(=O)NCCCN(C)C)c3n2)cc1. The number of aromatic nitrogens is 3. The van der Waals surface area contributed by atoms with Gasteiger partial charge in [0, 0.05) is 12.1 Å². The van der Waals surface area contributed by atoms with Crippen LogP contribution in [-0.2, 0) is 6.18 Å². The van der Waals surface area contributed by atoms with E-state index in [2.05, 4.69) is 15.4 Å². The Morgan fingerprint density at radius 1 is 1.19 bits per heavy atom. The summed E-state index contributed by atoms with van der Waals surface area (Å²) in [6.07, 6.45) is -2.81. The summed E-state index contributed by atoms with van der Waals surface area (Å²) >= 11 is 0. The first-order valence-electron chi connectivity index (χ1n) is 10.1. The molecule has 0 saturated carbocycles. The molecular weight excluding hydrogens is 407 g/mol. The molecule has 1 amide bonds. The summed E-state index contributed by atoms with van der Waals surface area (Å²) in [7, 11) is 3.84. The van der Waals surface area contributed by atoms with E-state index in [4.69, 9.17) is 0 Å². The van der Waals surface area contributed by atoms with Crippen molar-refractivity contribution >= 4 is 11.6 Å². The molecule has 0 atom stereocenters. The van der Waals surface area contributed by atoms with Crippen molar-refractivity contribution in [2.24, 2.45) is 0 Å². The summed E-state index contributed by atoms with van der Waals surface area (Å²) in [5, 5.41) is 6.53. The molecule has 0 radical (unpaired) electrons. The first kappa shape index (κ1) is 22.7. The molecule has 1 aromatic carbocycles. The number of hydrogen-bond donors (Lipinski definition) is 1. The number of hydrogen-bond acceptors (Lipinski definition) is 4. The molecule has 0 aliphatic rings. The molecule has 2 aromatic heterocycles. The number of halogens is 3. The third-order valence-electron chi connectivity index (χ3n) is 4.95. The summed E-state index contributed by atoms with van der Waals surface area (Å²) in [4.78, 5) is 18.9. The van der Waals surface area contributed by atoms with Crippen LogP contribution in [0.15, 0.2) is 36.5 Å². The molecule has 0 aliphatic heterocycles. The Bertz CT molecular complexity index is 1060. The molecule has 6 nitrogen and oxygen atoms in total. The zero-order valence-corrected chi connectivity index (χ0v) is 18.0. The van der Waals surface area contributed by atoms with Gasteiger partial charge >= 0.3 is 6.18 Å². The predicted molar refractivity (Wildman–Crippen MR) is 113 cm³/mol. The Morgan fingerprint density at radius 3 is 2.45 bits per heavy atom. The fraction of sp³-hybridized carbons (Fsp3) is 0.409. The van der Waals surface area contributed by atoms with Crippen molar-refractivity contribution in [2.45, 2.75) is 32.4 Å². The monoisotopic (exact) mass is 433 g/mol. The van der Waals surface area contributed by atoms with Crippen LogP contribution in [-0.4, -0.2) is 52.6 Å². The highest BCUT2D eigenvalue weighted by molar-refractivity contribution is 5.99. The molecule has 3 rings (SSSR count). The van der Waals surface area contributed by atoms with Crippen LogP contribution in [0.4, 0.5) is 13.2 Å². The average Bonchev–Trinajstić information content (AvgIpc) is 3.13. The van der Waals surface area contributed by atoms with Gasteiger partial charge in [-0.15, -0.1) is 0 Å². The minimum absolute atomic E-state index is 0.0102. The van der Waals surface area contributed by atoms with Crippen molar-refractivity contribution in [3.8, 4) is 11.3 Å². The standard InChI is InChI=1S/C22H26F3N5O/c1-14(2)15-6-8-16(9-7-15)18-12-19(22(23,24)25)30-20(28-18)17(13-27-30)21(31)26-10-5-11-29(3)4/h6-9,12-14H,5,10-11H2,1-4H3,(H,26,31). The van der Waals surface area contributed by atoms with Crippen LogP contribution >= 0.6 is 0 Å². The molecule has 0 aliphatic carbocycles. The lowest BCUT2D eigenvalue weighted by molar-refractivity contribution is -0.142. The molecule has 0 saturated heterocycles. The van der Waals surface area contributed by atoms with Gasteiger partial charge < -0.3 is 10.2 Å². The number of carbonyl (C=O) groups excluding carboxylic acids is 1. The first-order valence-corrected chi connectivity index (χ1v) is 10.1. The Hall–Kier alpha value is -2.94. The molecule has 31 heavy (non-hydrogen) atoms. The van der Waals surface area contributed by atoms with Gasteiger partial charge in [-0.3, -0.25) is 4.79 Å². The lowest BCUT2D eigenvalue weighted by Crippen LogP contribution is -2.27. The minimum atomic E-state index is -4.65. The lowest BCUT2D eigenvalue weighted by Gasteiger charge is -2.13. The van der Waals surface area contributed by atoms with Crippen LogP contribution in [0.5, 0.6) is 0 Å². The number of nitrogens with one attached hydrogen (secondary N) is 1. The molecule has 3 aromatic rings. The second-order valence-corrected chi connectivity index (χ2v) is 8.01. The van der Waals surface area contributed by atoms with Crippen LogP contribution in [0.3, 0.4) is 0 Å². The quantitative estimate of drug-likeness (QED) is 0.567.